The van der Waals surface area contributed by atoms with E-state index in [9.17, 15) is 23.1 Å². The number of amides is 1. The summed E-state index contributed by atoms with van der Waals surface area (Å²) in [6.07, 6.45) is -1.86. The second kappa shape index (κ2) is 8.14. The monoisotopic (exact) mass is 424 g/mol. The van der Waals surface area contributed by atoms with Crippen LogP contribution in [0.2, 0.25) is 0 Å². The van der Waals surface area contributed by atoms with Crippen LogP contribution in [0.3, 0.4) is 0 Å². The highest BCUT2D eigenvalue weighted by atomic mass is 19.4. The van der Waals surface area contributed by atoms with Gasteiger partial charge in [-0.05, 0) is 49.1 Å². The minimum Gasteiger partial charge on any atom is -0.484 e. The molecule has 2 aromatic rings. The van der Waals surface area contributed by atoms with Gasteiger partial charge in [0.2, 0.25) is 11.8 Å². The van der Waals surface area contributed by atoms with E-state index in [4.69, 9.17) is 9.47 Å². The molecule has 162 valence electrons. The Balaban J connectivity index is 1.67. The largest absolute Gasteiger partial charge is 0.484 e. The average molecular weight is 424 g/mol. The van der Waals surface area contributed by atoms with Gasteiger partial charge in [0.25, 0.3) is 0 Å². The number of nitrogens with one attached hydrogen (secondary N) is 1. The minimum atomic E-state index is -4.43. The van der Waals surface area contributed by atoms with Gasteiger partial charge in [-0.25, -0.2) is 4.98 Å². The molecule has 1 heterocycles. The number of rotatable bonds is 8. The number of aromatic nitrogens is 1. The molecule has 30 heavy (non-hydrogen) atoms. The van der Waals surface area contributed by atoms with Crippen molar-refractivity contribution in [2.45, 2.75) is 43.5 Å². The molecule has 1 atom stereocenters. The van der Waals surface area contributed by atoms with Crippen molar-refractivity contribution >= 4 is 5.91 Å². The molecule has 0 unspecified atom stereocenters. The number of pyridine rings is 1. The summed E-state index contributed by atoms with van der Waals surface area (Å²) in [6.45, 7) is 0.139. The summed E-state index contributed by atoms with van der Waals surface area (Å²) in [5.74, 6) is 0.0265. The van der Waals surface area contributed by atoms with E-state index in [1.165, 1.54) is 32.4 Å². The molecule has 0 aliphatic heterocycles. The zero-order valence-corrected chi connectivity index (χ0v) is 16.6. The molecule has 6 nitrogen and oxygen atoms in total. The molecule has 0 bridgehead atoms. The van der Waals surface area contributed by atoms with Crippen molar-refractivity contribution in [3.8, 4) is 11.6 Å². The smallest absolute Gasteiger partial charge is 0.422 e. The van der Waals surface area contributed by atoms with Crippen molar-refractivity contribution in [3.63, 3.8) is 0 Å². The second-order valence-corrected chi connectivity index (χ2v) is 7.60. The lowest BCUT2D eigenvalue weighted by Crippen LogP contribution is -2.39. The molecular formula is C21H23F3N2O4. The fourth-order valence-electron chi connectivity index (χ4n) is 3.24. The Kier molecular flexibility index (Phi) is 5.94. The Hall–Kier alpha value is -2.81. The van der Waals surface area contributed by atoms with Crippen LogP contribution in [0.4, 0.5) is 13.2 Å². The Labute approximate surface area is 172 Å². The fourth-order valence-corrected chi connectivity index (χ4v) is 3.24. The molecule has 1 saturated carbocycles. The number of carbonyl (C=O) groups excluding carboxylic acids is 1. The third-order valence-electron chi connectivity index (χ3n) is 4.99. The number of methoxy groups -OCH3 is 1. The molecule has 0 spiro atoms. The number of ether oxygens (including phenoxy) is 2. The molecule has 9 heteroatoms. The highest BCUT2D eigenvalue weighted by molar-refractivity contribution is 5.79. The molecule has 1 amide bonds. The number of benzene rings is 1. The lowest BCUT2D eigenvalue weighted by atomic mass is 9.92. The lowest BCUT2D eigenvalue weighted by Gasteiger charge is -2.26. The van der Waals surface area contributed by atoms with Gasteiger partial charge in [0, 0.05) is 12.3 Å². The number of alkyl halides is 3. The SMILES string of the molecule is COc1cc([C@](C)(O)CC(=O)NC2(c3cccc(OCC(F)(F)F)c3)CC2)ccn1. The zero-order valence-electron chi connectivity index (χ0n) is 16.6. The van der Waals surface area contributed by atoms with Crippen LogP contribution in [0.5, 0.6) is 11.6 Å². The maximum Gasteiger partial charge on any atom is 0.422 e. The highest BCUT2D eigenvalue weighted by Crippen LogP contribution is 2.46. The predicted octanol–water partition coefficient (Wildman–Crippen LogP) is 3.43. The van der Waals surface area contributed by atoms with Gasteiger partial charge < -0.3 is 19.9 Å². The number of hydrogen-bond donors (Lipinski definition) is 2. The van der Waals surface area contributed by atoms with Gasteiger partial charge in [0.05, 0.1) is 24.7 Å². The molecule has 2 N–H and O–H groups in total. The maximum atomic E-state index is 12.7. The second-order valence-electron chi connectivity index (χ2n) is 7.60. The summed E-state index contributed by atoms with van der Waals surface area (Å²) >= 11 is 0. The quantitative estimate of drug-likeness (QED) is 0.679. The first-order valence-electron chi connectivity index (χ1n) is 9.37. The van der Waals surface area contributed by atoms with E-state index in [-0.39, 0.29) is 18.1 Å². The van der Waals surface area contributed by atoms with E-state index in [1.807, 2.05) is 0 Å². The molecular weight excluding hydrogens is 401 g/mol. The molecule has 0 radical (unpaired) electrons. The van der Waals surface area contributed by atoms with Crippen LogP contribution in [0, 0.1) is 0 Å². The van der Waals surface area contributed by atoms with Crippen LogP contribution < -0.4 is 14.8 Å². The van der Waals surface area contributed by atoms with Gasteiger partial charge in [-0.3, -0.25) is 4.79 Å². The van der Waals surface area contributed by atoms with Gasteiger partial charge in [0.15, 0.2) is 6.61 Å². The van der Waals surface area contributed by atoms with E-state index < -0.39 is 23.9 Å². The van der Waals surface area contributed by atoms with Crippen molar-refractivity contribution < 1.29 is 32.5 Å². The Morgan fingerprint density at radius 2 is 2.00 bits per heavy atom. The van der Waals surface area contributed by atoms with E-state index in [1.54, 1.807) is 24.3 Å². The third-order valence-corrected chi connectivity index (χ3v) is 4.99. The van der Waals surface area contributed by atoms with Crippen molar-refractivity contribution in [2.24, 2.45) is 0 Å². The molecule has 1 fully saturated rings. The summed E-state index contributed by atoms with van der Waals surface area (Å²) in [4.78, 5) is 16.6. The molecule has 1 aromatic heterocycles. The standard InChI is InChI=1S/C21H23F3N2O4/c1-19(28,14-6-9-25-18(11-14)29-2)12-17(27)26-20(7-8-20)15-4-3-5-16(10-15)30-13-21(22,23)24/h3-6,9-11,28H,7-8,12-13H2,1-2H3,(H,26,27)/t19-/m1/s1. The van der Waals surface area contributed by atoms with Gasteiger partial charge in [0.1, 0.15) is 5.75 Å². The average Bonchev–Trinajstić information content (AvgIpc) is 3.46. The minimum absolute atomic E-state index is 0.0845. The van der Waals surface area contributed by atoms with Crippen molar-refractivity contribution in [2.75, 3.05) is 13.7 Å². The summed E-state index contributed by atoms with van der Waals surface area (Å²) in [5.41, 5.74) is -0.966. The van der Waals surface area contributed by atoms with Crippen LogP contribution in [-0.2, 0) is 15.9 Å². The zero-order chi connectivity index (χ0) is 22.0. The number of hydrogen-bond acceptors (Lipinski definition) is 5. The van der Waals surface area contributed by atoms with Crippen molar-refractivity contribution in [1.82, 2.24) is 10.3 Å². The summed E-state index contributed by atoms with van der Waals surface area (Å²) in [6, 6.07) is 9.43. The van der Waals surface area contributed by atoms with Gasteiger partial charge in [-0.15, -0.1) is 0 Å². The molecule has 3 rings (SSSR count). The number of aliphatic hydroxyl groups is 1. The molecule has 1 aliphatic carbocycles. The van der Waals surface area contributed by atoms with Crippen LogP contribution in [0.25, 0.3) is 0 Å². The number of halogens is 3. The van der Waals surface area contributed by atoms with E-state index >= 15 is 0 Å². The summed E-state index contributed by atoms with van der Waals surface area (Å²) < 4.78 is 47.0. The highest BCUT2D eigenvalue weighted by Gasteiger charge is 2.46. The molecule has 1 aromatic carbocycles. The van der Waals surface area contributed by atoms with Crippen LogP contribution in [0.1, 0.15) is 37.3 Å². The van der Waals surface area contributed by atoms with E-state index in [0.717, 1.165) is 0 Å². The first-order valence-corrected chi connectivity index (χ1v) is 9.37. The normalized spacial score (nSPS) is 17.0. The van der Waals surface area contributed by atoms with E-state index in [0.29, 0.717) is 29.8 Å². The molecule has 1 aliphatic rings. The Morgan fingerprint density at radius 1 is 1.27 bits per heavy atom. The Bertz CT molecular complexity index is 911. The van der Waals surface area contributed by atoms with Crippen LogP contribution in [0.15, 0.2) is 42.6 Å². The summed E-state index contributed by atoms with van der Waals surface area (Å²) in [7, 11) is 1.46. The van der Waals surface area contributed by atoms with Gasteiger partial charge in [-0.2, -0.15) is 13.2 Å². The topological polar surface area (TPSA) is 80.7 Å². The first-order chi connectivity index (χ1) is 14.0. The van der Waals surface area contributed by atoms with E-state index in [2.05, 4.69) is 10.3 Å². The van der Waals surface area contributed by atoms with Crippen LogP contribution >= 0.6 is 0 Å². The van der Waals surface area contributed by atoms with Gasteiger partial charge >= 0.3 is 6.18 Å². The van der Waals surface area contributed by atoms with Crippen molar-refractivity contribution in [3.05, 3.63) is 53.7 Å². The molecule has 0 saturated heterocycles. The predicted molar refractivity (Wildman–Crippen MR) is 102 cm³/mol. The third kappa shape index (κ3) is 5.41. The lowest BCUT2D eigenvalue weighted by molar-refractivity contribution is -0.153. The Morgan fingerprint density at radius 3 is 2.63 bits per heavy atom. The fraction of sp³-hybridized carbons (Fsp3) is 0.429. The van der Waals surface area contributed by atoms with Gasteiger partial charge in [-0.1, -0.05) is 12.1 Å². The van der Waals surface area contributed by atoms with Crippen LogP contribution in [-0.4, -0.2) is 35.9 Å². The van der Waals surface area contributed by atoms with Crippen molar-refractivity contribution in [1.29, 1.82) is 0 Å². The maximum absolute atomic E-state index is 12.7. The number of nitrogens with zero attached hydrogens (tertiary/aromatic N) is 1. The first kappa shape index (κ1) is 21.9. The number of carbonyl (C=O) groups is 1. The summed E-state index contributed by atoms with van der Waals surface area (Å²) in [5, 5.41) is 13.7.